The van der Waals surface area contributed by atoms with E-state index in [1.165, 1.54) is 5.56 Å². The van der Waals surface area contributed by atoms with Gasteiger partial charge < -0.3 is 0 Å². The second kappa shape index (κ2) is 15.8. The Kier molecular flexibility index (Phi) is 21.6. The number of pyridine rings is 1. The van der Waals surface area contributed by atoms with Crippen molar-refractivity contribution >= 4 is 0 Å². The van der Waals surface area contributed by atoms with E-state index in [0.717, 1.165) is 0 Å². The van der Waals surface area contributed by atoms with E-state index in [2.05, 4.69) is 43.8 Å². The minimum atomic E-state index is 0. The summed E-state index contributed by atoms with van der Waals surface area (Å²) in [7, 11) is 0. The summed E-state index contributed by atoms with van der Waals surface area (Å²) in [6.07, 6.45) is 7.46. The molecule has 0 N–H and O–H groups in total. The first-order valence-electron chi connectivity index (χ1n) is 6.00. The van der Waals surface area contributed by atoms with Crippen LogP contribution in [0, 0.1) is 0 Å². The van der Waals surface area contributed by atoms with E-state index in [1.54, 1.807) is 12.4 Å². The average molecular weight is 368 g/mol. The SMILES string of the molecule is C.C.C.CC(C)c1cccnc1.CC(C)n1cccn1.[Y]. The molecule has 0 aliphatic heterocycles. The van der Waals surface area contributed by atoms with Gasteiger partial charge in [0.05, 0.1) is 0 Å². The zero-order valence-electron chi connectivity index (χ0n) is 11.6. The Morgan fingerprint density at radius 2 is 1.57 bits per heavy atom. The molecule has 2 aromatic heterocycles. The van der Waals surface area contributed by atoms with Crippen LogP contribution < -0.4 is 0 Å². The zero-order chi connectivity index (χ0) is 12.7. The molecule has 0 atom stereocenters. The number of rotatable bonds is 2. The van der Waals surface area contributed by atoms with E-state index < -0.39 is 0 Å². The topological polar surface area (TPSA) is 30.7 Å². The summed E-state index contributed by atoms with van der Waals surface area (Å²) in [5.74, 6) is 0.596. The van der Waals surface area contributed by atoms with Gasteiger partial charge in [0.1, 0.15) is 0 Å². The molecule has 119 valence electrons. The van der Waals surface area contributed by atoms with Crippen molar-refractivity contribution < 1.29 is 32.7 Å². The molecular weight excluding hydrogens is 335 g/mol. The first-order chi connectivity index (χ1) is 8.11. The van der Waals surface area contributed by atoms with Crippen LogP contribution in [-0.4, -0.2) is 14.8 Å². The molecule has 21 heavy (non-hydrogen) atoms. The minimum absolute atomic E-state index is 0. The van der Waals surface area contributed by atoms with Crippen molar-refractivity contribution in [2.45, 2.75) is 61.9 Å². The summed E-state index contributed by atoms with van der Waals surface area (Å²) in [5.41, 5.74) is 1.30. The second-order valence-electron chi connectivity index (χ2n) is 4.52. The minimum Gasteiger partial charge on any atom is -0.270 e. The molecule has 0 fully saturated rings. The molecule has 2 aromatic rings. The van der Waals surface area contributed by atoms with Crippen LogP contribution in [0.3, 0.4) is 0 Å². The number of nitrogens with zero attached hydrogens (tertiary/aromatic N) is 3. The Bertz CT molecular complexity index is 397. The molecule has 1 radical (unpaired) electrons. The second-order valence-corrected chi connectivity index (χ2v) is 4.52. The smallest absolute Gasteiger partial charge is 0.0489 e. The van der Waals surface area contributed by atoms with Crippen LogP contribution in [0.2, 0.25) is 0 Å². The molecule has 0 saturated carbocycles. The van der Waals surface area contributed by atoms with Crippen LogP contribution in [0.15, 0.2) is 43.0 Å². The molecule has 0 bridgehead atoms. The monoisotopic (exact) mass is 368 g/mol. The van der Waals surface area contributed by atoms with Gasteiger partial charge in [-0.25, -0.2) is 0 Å². The quantitative estimate of drug-likeness (QED) is 0.693. The van der Waals surface area contributed by atoms with Gasteiger partial charge in [-0.1, -0.05) is 42.2 Å². The van der Waals surface area contributed by atoms with E-state index in [9.17, 15) is 0 Å². The van der Waals surface area contributed by atoms with Crippen LogP contribution >= 0.6 is 0 Å². The van der Waals surface area contributed by atoms with Crippen LogP contribution in [0.5, 0.6) is 0 Å². The normalized spacial score (nSPS) is 8.29. The summed E-state index contributed by atoms with van der Waals surface area (Å²) in [6.45, 7) is 8.54. The maximum Gasteiger partial charge on any atom is 0.0489 e. The molecule has 0 unspecified atom stereocenters. The molecule has 0 saturated heterocycles. The Morgan fingerprint density at radius 3 is 1.81 bits per heavy atom. The van der Waals surface area contributed by atoms with Gasteiger partial charge in [0.2, 0.25) is 0 Å². The van der Waals surface area contributed by atoms with Crippen molar-refractivity contribution in [2.75, 3.05) is 0 Å². The molecule has 2 heterocycles. The number of aromatic nitrogens is 3. The molecular formula is C17H33N3Y. The summed E-state index contributed by atoms with van der Waals surface area (Å²) in [5, 5.41) is 4.03. The maximum absolute atomic E-state index is 4.03. The standard InChI is InChI=1S/C8H11N.C6H10N2.3CH4.Y/c1-7(2)8-4-3-5-9-6-8;1-6(2)8-5-3-4-7-8;;;;/h3-7H,1-2H3;3-6H,1-2H3;3*1H4;. The third kappa shape index (κ3) is 11.8. The molecule has 0 aromatic carbocycles. The number of hydrogen-bond acceptors (Lipinski definition) is 2. The van der Waals surface area contributed by atoms with Gasteiger partial charge in [0.15, 0.2) is 0 Å². The van der Waals surface area contributed by atoms with Gasteiger partial charge in [0, 0.05) is 63.5 Å². The van der Waals surface area contributed by atoms with Gasteiger partial charge in [-0.3, -0.25) is 9.67 Å². The Balaban J connectivity index is -0.000000116. The molecule has 2 rings (SSSR count). The molecule has 4 heteroatoms. The van der Waals surface area contributed by atoms with E-state index in [4.69, 9.17) is 0 Å². The fourth-order valence-corrected chi connectivity index (χ4v) is 1.30. The van der Waals surface area contributed by atoms with E-state index in [1.807, 2.05) is 29.2 Å². The van der Waals surface area contributed by atoms with E-state index >= 15 is 0 Å². The predicted octanol–water partition coefficient (Wildman–Crippen LogP) is 5.57. The van der Waals surface area contributed by atoms with Crippen molar-refractivity contribution in [3.63, 3.8) is 0 Å². The van der Waals surface area contributed by atoms with Crippen molar-refractivity contribution in [2.24, 2.45) is 0 Å². The van der Waals surface area contributed by atoms with E-state index in [-0.39, 0.29) is 55.0 Å². The third-order valence-corrected chi connectivity index (χ3v) is 2.41. The molecule has 0 aliphatic rings. The largest absolute Gasteiger partial charge is 0.270 e. The molecule has 0 aliphatic carbocycles. The zero-order valence-corrected chi connectivity index (χ0v) is 14.5. The van der Waals surface area contributed by atoms with Crippen molar-refractivity contribution in [1.82, 2.24) is 14.8 Å². The van der Waals surface area contributed by atoms with Gasteiger partial charge >= 0.3 is 0 Å². The molecule has 3 nitrogen and oxygen atoms in total. The van der Waals surface area contributed by atoms with Gasteiger partial charge in [-0.15, -0.1) is 0 Å². The van der Waals surface area contributed by atoms with Crippen LogP contribution in [0.4, 0.5) is 0 Å². The summed E-state index contributed by atoms with van der Waals surface area (Å²) < 4.78 is 1.92. The molecule has 0 spiro atoms. The Labute approximate surface area is 157 Å². The third-order valence-electron chi connectivity index (χ3n) is 2.41. The Morgan fingerprint density at radius 1 is 0.952 bits per heavy atom. The Hall–Kier alpha value is -0.536. The first-order valence-corrected chi connectivity index (χ1v) is 6.00. The molecule has 0 amide bonds. The van der Waals surface area contributed by atoms with Crippen LogP contribution in [-0.2, 0) is 32.7 Å². The van der Waals surface area contributed by atoms with Crippen molar-refractivity contribution in [1.29, 1.82) is 0 Å². The van der Waals surface area contributed by atoms with Gasteiger partial charge in [0.25, 0.3) is 0 Å². The van der Waals surface area contributed by atoms with Gasteiger partial charge in [-0.2, -0.15) is 5.10 Å². The van der Waals surface area contributed by atoms with Crippen molar-refractivity contribution in [3.8, 4) is 0 Å². The fourth-order valence-electron chi connectivity index (χ4n) is 1.30. The average Bonchev–Trinajstić information content (AvgIpc) is 2.84. The van der Waals surface area contributed by atoms with E-state index in [0.29, 0.717) is 12.0 Å². The fraction of sp³-hybridized carbons (Fsp3) is 0.529. The summed E-state index contributed by atoms with van der Waals surface area (Å²) in [4.78, 5) is 4.01. The maximum atomic E-state index is 4.03. The number of hydrogen-bond donors (Lipinski definition) is 0. The summed E-state index contributed by atoms with van der Waals surface area (Å²) in [6, 6.07) is 6.48. The van der Waals surface area contributed by atoms with Crippen LogP contribution in [0.1, 0.15) is 67.5 Å². The van der Waals surface area contributed by atoms with Crippen LogP contribution in [0.25, 0.3) is 0 Å². The van der Waals surface area contributed by atoms with Crippen molar-refractivity contribution in [3.05, 3.63) is 48.5 Å². The van der Waals surface area contributed by atoms with Gasteiger partial charge in [-0.05, 0) is 37.5 Å². The summed E-state index contributed by atoms with van der Waals surface area (Å²) >= 11 is 0. The predicted molar refractivity (Wildman–Crippen MR) is 91.1 cm³/mol. The first kappa shape index (κ1) is 28.6.